The van der Waals surface area contributed by atoms with Crippen LogP contribution in [0.25, 0.3) is 5.76 Å². The van der Waals surface area contributed by atoms with Gasteiger partial charge in [0, 0.05) is 24.2 Å². The van der Waals surface area contributed by atoms with Crippen LogP contribution in [0.4, 0.5) is 0 Å². The van der Waals surface area contributed by atoms with E-state index in [4.69, 9.17) is 14.2 Å². The molecule has 3 rings (SSSR count). The maximum atomic E-state index is 13.5. The Labute approximate surface area is 232 Å². The molecule has 1 fully saturated rings. The molecule has 39 heavy (non-hydrogen) atoms. The fourth-order valence-corrected chi connectivity index (χ4v) is 4.70. The predicted octanol–water partition coefficient (Wildman–Crippen LogP) is 5.16. The number of likely N-dealkylation sites (N-methyl/N-ethyl adjacent to an activating group) is 1. The molecule has 1 aliphatic rings. The van der Waals surface area contributed by atoms with Crippen LogP contribution < -0.4 is 14.2 Å². The second kappa shape index (κ2) is 12.6. The first-order chi connectivity index (χ1) is 18.4. The zero-order valence-electron chi connectivity index (χ0n) is 24.5. The zero-order chi connectivity index (χ0) is 28.9. The third-order valence-corrected chi connectivity index (χ3v) is 6.57. The van der Waals surface area contributed by atoms with Gasteiger partial charge < -0.3 is 29.1 Å². The van der Waals surface area contributed by atoms with Crippen molar-refractivity contribution >= 4 is 17.4 Å². The van der Waals surface area contributed by atoms with Crippen molar-refractivity contribution in [1.29, 1.82) is 0 Å². The summed E-state index contributed by atoms with van der Waals surface area (Å²) in [7, 11) is 3.81. The first-order valence-corrected chi connectivity index (χ1v) is 13.5. The maximum Gasteiger partial charge on any atom is 0.295 e. The van der Waals surface area contributed by atoms with Crippen molar-refractivity contribution in [3.05, 3.63) is 58.7 Å². The van der Waals surface area contributed by atoms with Crippen molar-refractivity contribution in [2.75, 3.05) is 47.0 Å². The number of amides is 1. The number of carbonyl (C=O) groups excluding carboxylic acids is 2. The first-order valence-electron chi connectivity index (χ1n) is 13.5. The number of ketones is 1. The van der Waals surface area contributed by atoms with Gasteiger partial charge in [0.2, 0.25) is 0 Å². The maximum absolute atomic E-state index is 13.5. The molecule has 0 aliphatic carbocycles. The second-order valence-corrected chi connectivity index (χ2v) is 10.8. The van der Waals surface area contributed by atoms with Crippen LogP contribution in [0, 0.1) is 0 Å². The van der Waals surface area contributed by atoms with Gasteiger partial charge in [-0.25, -0.2) is 0 Å². The van der Waals surface area contributed by atoms with Gasteiger partial charge in [0.1, 0.15) is 11.5 Å². The number of carbonyl (C=O) groups is 2. The van der Waals surface area contributed by atoms with Crippen LogP contribution >= 0.6 is 0 Å². The van der Waals surface area contributed by atoms with E-state index in [0.29, 0.717) is 55.5 Å². The lowest BCUT2D eigenvalue weighted by molar-refractivity contribution is -0.140. The van der Waals surface area contributed by atoms with Gasteiger partial charge >= 0.3 is 0 Å². The third kappa shape index (κ3) is 6.56. The van der Waals surface area contributed by atoms with Crippen LogP contribution in [0.2, 0.25) is 0 Å². The largest absolute Gasteiger partial charge is 0.507 e. The van der Waals surface area contributed by atoms with Crippen molar-refractivity contribution in [2.24, 2.45) is 0 Å². The lowest BCUT2D eigenvalue weighted by Gasteiger charge is -2.27. The molecule has 1 aliphatic heterocycles. The van der Waals surface area contributed by atoms with Crippen molar-refractivity contribution < 1.29 is 28.9 Å². The zero-order valence-corrected chi connectivity index (χ0v) is 24.5. The van der Waals surface area contributed by atoms with Crippen LogP contribution in [-0.4, -0.2) is 73.6 Å². The third-order valence-electron chi connectivity index (χ3n) is 6.57. The Bertz CT molecular complexity index is 1230. The van der Waals surface area contributed by atoms with Crippen molar-refractivity contribution in [3.8, 4) is 17.2 Å². The molecule has 1 amide bonds. The van der Waals surface area contributed by atoms with Gasteiger partial charge in [-0.05, 0) is 76.2 Å². The summed E-state index contributed by atoms with van der Waals surface area (Å²) in [5.74, 6) is 0.246. The molecule has 1 heterocycles. The van der Waals surface area contributed by atoms with Crippen molar-refractivity contribution in [2.45, 2.75) is 53.0 Å². The summed E-state index contributed by atoms with van der Waals surface area (Å²) < 4.78 is 17.4. The molecule has 0 radical (unpaired) electrons. The van der Waals surface area contributed by atoms with Crippen molar-refractivity contribution in [1.82, 2.24) is 9.80 Å². The van der Waals surface area contributed by atoms with E-state index >= 15 is 0 Å². The van der Waals surface area contributed by atoms with E-state index in [1.165, 1.54) is 4.90 Å². The van der Waals surface area contributed by atoms with Crippen LogP contribution in [0.15, 0.2) is 42.0 Å². The molecule has 0 aromatic heterocycles. The molecule has 212 valence electrons. The summed E-state index contributed by atoms with van der Waals surface area (Å²) in [6.07, 6.45) is 0. The van der Waals surface area contributed by atoms with E-state index in [9.17, 15) is 14.7 Å². The molecule has 1 saturated heterocycles. The number of hydrogen-bond acceptors (Lipinski definition) is 7. The summed E-state index contributed by atoms with van der Waals surface area (Å²) in [6.45, 7) is 14.1. The number of rotatable bonds is 11. The van der Waals surface area contributed by atoms with Gasteiger partial charge in [0.05, 0.1) is 31.4 Å². The summed E-state index contributed by atoms with van der Waals surface area (Å²) in [6, 6.07) is 9.98. The summed E-state index contributed by atoms with van der Waals surface area (Å²) in [5, 5.41) is 11.6. The van der Waals surface area contributed by atoms with Gasteiger partial charge in [0.15, 0.2) is 11.5 Å². The molecule has 8 nitrogen and oxygen atoms in total. The highest BCUT2D eigenvalue weighted by Gasteiger charge is 2.46. The molecule has 0 saturated carbocycles. The quantitative estimate of drug-likeness (QED) is 0.240. The molecule has 0 spiro atoms. The van der Waals surface area contributed by atoms with Gasteiger partial charge in [0.25, 0.3) is 11.7 Å². The monoisotopic (exact) mass is 538 g/mol. The molecular weight excluding hydrogens is 496 g/mol. The number of aliphatic hydroxyl groups excluding tert-OH is 1. The number of nitrogens with zero attached hydrogens (tertiary/aromatic N) is 2. The Morgan fingerprint density at radius 2 is 1.49 bits per heavy atom. The lowest BCUT2D eigenvalue weighted by atomic mass is 9.84. The topological polar surface area (TPSA) is 88.5 Å². The number of aliphatic hydroxyl groups is 1. The molecule has 8 heteroatoms. The highest BCUT2D eigenvalue weighted by atomic mass is 16.5. The Morgan fingerprint density at radius 3 is 2.08 bits per heavy atom. The van der Waals surface area contributed by atoms with Crippen LogP contribution in [0.3, 0.4) is 0 Å². The number of Topliss-reactive ketones (excluding diaryl/α,β-unsaturated/α-hetero) is 1. The Hall–Kier alpha value is -3.52. The molecule has 1 atom stereocenters. The minimum atomic E-state index is -0.788. The van der Waals surface area contributed by atoms with Crippen molar-refractivity contribution in [3.63, 3.8) is 0 Å². The van der Waals surface area contributed by atoms with E-state index in [0.717, 1.165) is 11.3 Å². The van der Waals surface area contributed by atoms with E-state index in [1.807, 2.05) is 51.9 Å². The predicted molar refractivity (Wildman–Crippen MR) is 153 cm³/mol. The highest BCUT2D eigenvalue weighted by Crippen LogP contribution is 2.43. The molecule has 2 aromatic carbocycles. The number of hydrogen-bond donors (Lipinski definition) is 1. The van der Waals surface area contributed by atoms with Crippen LogP contribution in [0.1, 0.15) is 64.3 Å². The van der Waals surface area contributed by atoms with E-state index in [2.05, 4.69) is 20.8 Å². The van der Waals surface area contributed by atoms with E-state index < -0.39 is 17.7 Å². The van der Waals surface area contributed by atoms with E-state index in [1.54, 1.807) is 24.3 Å². The Kier molecular flexibility index (Phi) is 9.67. The minimum Gasteiger partial charge on any atom is -0.507 e. The fourth-order valence-electron chi connectivity index (χ4n) is 4.70. The van der Waals surface area contributed by atoms with Gasteiger partial charge in [-0.15, -0.1) is 0 Å². The van der Waals surface area contributed by atoms with Crippen LogP contribution in [-0.2, 0) is 15.0 Å². The highest BCUT2D eigenvalue weighted by molar-refractivity contribution is 6.46. The number of likely N-dealkylation sites (tertiary alicyclic amines) is 1. The average Bonchev–Trinajstić information content (AvgIpc) is 3.13. The Morgan fingerprint density at radius 1 is 0.897 bits per heavy atom. The minimum absolute atomic E-state index is 0.0504. The molecule has 1 unspecified atom stereocenters. The first kappa shape index (κ1) is 30.0. The van der Waals surface area contributed by atoms with Crippen LogP contribution in [0.5, 0.6) is 17.2 Å². The van der Waals surface area contributed by atoms with Gasteiger partial charge in [-0.1, -0.05) is 26.8 Å². The molecule has 0 bridgehead atoms. The molecular formula is C31H42N2O6. The smallest absolute Gasteiger partial charge is 0.295 e. The lowest BCUT2D eigenvalue weighted by Crippen LogP contribution is -2.35. The summed E-state index contributed by atoms with van der Waals surface area (Å²) in [4.78, 5) is 30.3. The van der Waals surface area contributed by atoms with E-state index in [-0.39, 0.29) is 16.7 Å². The average molecular weight is 539 g/mol. The molecule has 1 N–H and O–H groups in total. The van der Waals surface area contributed by atoms with Gasteiger partial charge in [-0.2, -0.15) is 0 Å². The fraction of sp³-hybridized carbons (Fsp3) is 0.484. The SMILES string of the molecule is CCOc1ccc(C2/C(=C(\O)c3ccc(OCC)c(C(C)(C)C)c3)C(=O)C(=O)N2CCN(C)C)cc1OCC. The summed E-state index contributed by atoms with van der Waals surface area (Å²) >= 11 is 0. The second-order valence-electron chi connectivity index (χ2n) is 10.8. The number of ether oxygens (including phenoxy) is 3. The van der Waals surface area contributed by atoms with Gasteiger partial charge in [-0.3, -0.25) is 9.59 Å². The molecule has 2 aromatic rings. The Balaban J connectivity index is 2.24. The normalized spacial score (nSPS) is 17.2. The standard InChI is InChI=1S/C31H42N2O6/c1-9-37-23-14-13-21(18-22(23)31(4,5)6)28(34)26-27(33(17-16-32(7)8)30(36)29(26)35)20-12-15-24(38-10-2)25(19-20)39-11-3/h12-15,18-19,27,34H,9-11,16-17H2,1-8H3/b28-26+. The summed E-state index contributed by atoms with van der Waals surface area (Å²) in [5.41, 5.74) is 1.78. The number of benzene rings is 2.